The Morgan fingerprint density at radius 2 is 1.76 bits per heavy atom. The summed E-state index contributed by atoms with van der Waals surface area (Å²) in [6.07, 6.45) is -0.835. The van der Waals surface area contributed by atoms with E-state index >= 15 is 0 Å². The molecule has 1 amide bonds. The van der Waals surface area contributed by atoms with Crippen LogP contribution in [0.2, 0.25) is 0 Å². The van der Waals surface area contributed by atoms with Crippen LogP contribution in [0.1, 0.15) is 36.3 Å². The number of amides is 1. The highest BCUT2D eigenvalue weighted by Gasteiger charge is 2.38. The second-order valence-corrected chi connectivity index (χ2v) is 7.77. The number of rotatable bonds is 6. The standard InChI is InChI=1S/C22H21F4N5O3/c23-22(24,25)20-28-19(29-34-20)17-7-4-15(5-8-17)13-31(26)21(32)33-14-16-6-9-18(27-12-16)30-10-2-1-3-11-30/h4-9,12H,1-3,10-11,13-14H2. The molecule has 1 aliphatic rings. The van der Waals surface area contributed by atoms with Gasteiger partial charge in [0, 0.05) is 30.4 Å². The van der Waals surface area contributed by atoms with Crippen LogP contribution >= 0.6 is 0 Å². The minimum absolute atomic E-state index is 0.0966. The van der Waals surface area contributed by atoms with E-state index in [1.54, 1.807) is 12.3 Å². The molecular weight excluding hydrogens is 458 g/mol. The number of aromatic nitrogens is 3. The zero-order valence-corrected chi connectivity index (χ0v) is 18.0. The summed E-state index contributed by atoms with van der Waals surface area (Å²) in [5.74, 6) is -0.850. The third-order valence-electron chi connectivity index (χ3n) is 5.25. The first-order valence-corrected chi connectivity index (χ1v) is 10.6. The molecule has 0 saturated carbocycles. The average molecular weight is 479 g/mol. The molecule has 0 unspecified atom stereocenters. The topological polar surface area (TPSA) is 84.6 Å². The molecule has 0 bridgehead atoms. The molecule has 8 nitrogen and oxygen atoms in total. The molecular formula is C22H21F4N5O3. The summed E-state index contributed by atoms with van der Waals surface area (Å²) in [7, 11) is 0. The minimum Gasteiger partial charge on any atom is -0.443 e. The first kappa shape index (κ1) is 23.5. The van der Waals surface area contributed by atoms with Crippen LogP contribution in [0.15, 0.2) is 47.1 Å². The van der Waals surface area contributed by atoms with E-state index < -0.39 is 24.7 Å². The molecule has 0 spiro atoms. The molecule has 12 heteroatoms. The maximum atomic E-state index is 14.2. The van der Waals surface area contributed by atoms with E-state index in [4.69, 9.17) is 4.74 Å². The molecule has 1 fully saturated rings. The number of anilines is 1. The largest absolute Gasteiger partial charge is 0.471 e. The van der Waals surface area contributed by atoms with Gasteiger partial charge in [-0.15, -0.1) is 5.12 Å². The molecule has 4 rings (SSSR count). The van der Waals surface area contributed by atoms with Gasteiger partial charge in [0.05, 0.1) is 6.54 Å². The van der Waals surface area contributed by atoms with E-state index in [0.717, 1.165) is 31.7 Å². The number of piperidine rings is 1. The Labute approximate surface area is 192 Å². The second kappa shape index (κ2) is 10.1. The Kier molecular flexibility index (Phi) is 6.94. The summed E-state index contributed by atoms with van der Waals surface area (Å²) in [4.78, 5) is 21.9. The fraction of sp³-hybridized carbons (Fsp3) is 0.364. The predicted octanol–water partition coefficient (Wildman–Crippen LogP) is 5.16. The third kappa shape index (κ3) is 5.80. The Bertz CT molecular complexity index is 1100. The lowest BCUT2D eigenvalue weighted by Gasteiger charge is -2.27. The summed E-state index contributed by atoms with van der Waals surface area (Å²) in [6, 6.07) is 9.30. The van der Waals surface area contributed by atoms with Crippen LogP contribution in [0.5, 0.6) is 0 Å². The Balaban J connectivity index is 1.27. The number of ether oxygens (including phenoxy) is 1. The van der Waals surface area contributed by atoms with Gasteiger partial charge in [-0.1, -0.05) is 40.0 Å². The van der Waals surface area contributed by atoms with E-state index in [1.807, 2.05) is 6.07 Å². The third-order valence-corrected chi connectivity index (χ3v) is 5.25. The second-order valence-electron chi connectivity index (χ2n) is 7.77. The molecule has 3 aromatic rings. The van der Waals surface area contributed by atoms with Crippen molar-refractivity contribution in [1.29, 1.82) is 0 Å². The van der Waals surface area contributed by atoms with E-state index in [9.17, 15) is 22.4 Å². The number of nitrogens with zero attached hydrogens (tertiary/aromatic N) is 5. The molecule has 0 atom stereocenters. The van der Waals surface area contributed by atoms with Gasteiger partial charge in [0.1, 0.15) is 12.4 Å². The zero-order chi connectivity index (χ0) is 24.1. The number of hydrogen-bond donors (Lipinski definition) is 0. The van der Waals surface area contributed by atoms with E-state index in [2.05, 4.69) is 24.5 Å². The maximum absolute atomic E-state index is 14.2. The number of carbonyl (C=O) groups excluding carboxylic acids is 1. The van der Waals surface area contributed by atoms with Crippen LogP contribution in [-0.2, 0) is 24.1 Å². The molecule has 34 heavy (non-hydrogen) atoms. The smallest absolute Gasteiger partial charge is 0.443 e. The van der Waals surface area contributed by atoms with Crippen LogP contribution in [0.3, 0.4) is 0 Å². The molecule has 2 aromatic heterocycles. The van der Waals surface area contributed by atoms with Crippen molar-refractivity contribution in [1.82, 2.24) is 20.2 Å². The van der Waals surface area contributed by atoms with Gasteiger partial charge in [-0.2, -0.15) is 18.2 Å². The van der Waals surface area contributed by atoms with Crippen molar-refractivity contribution >= 4 is 11.9 Å². The number of pyridine rings is 1. The van der Waals surface area contributed by atoms with Gasteiger partial charge in [0.15, 0.2) is 0 Å². The van der Waals surface area contributed by atoms with Crippen LogP contribution < -0.4 is 4.90 Å². The highest BCUT2D eigenvalue weighted by molar-refractivity contribution is 5.66. The van der Waals surface area contributed by atoms with Crippen molar-refractivity contribution in [2.75, 3.05) is 18.0 Å². The van der Waals surface area contributed by atoms with Crippen molar-refractivity contribution in [3.05, 3.63) is 59.6 Å². The molecule has 180 valence electrons. The highest BCUT2D eigenvalue weighted by atomic mass is 19.4. The molecule has 3 heterocycles. The van der Waals surface area contributed by atoms with Gasteiger partial charge >= 0.3 is 18.2 Å². The van der Waals surface area contributed by atoms with Crippen LogP contribution in [0, 0.1) is 0 Å². The minimum atomic E-state index is -4.74. The molecule has 1 aliphatic heterocycles. The first-order valence-electron chi connectivity index (χ1n) is 10.6. The SMILES string of the molecule is O=C(OCc1ccc(N2CCCCC2)nc1)N(F)Cc1ccc(-c2noc(C(F)(F)F)n2)cc1. The monoisotopic (exact) mass is 479 g/mol. The normalized spacial score (nSPS) is 14.2. The average Bonchev–Trinajstić information content (AvgIpc) is 3.35. The van der Waals surface area contributed by atoms with Crippen LogP contribution in [0.4, 0.5) is 28.3 Å². The Morgan fingerprint density at radius 3 is 2.38 bits per heavy atom. The molecule has 1 aromatic carbocycles. The van der Waals surface area contributed by atoms with Crippen LogP contribution in [0.25, 0.3) is 11.4 Å². The van der Waals surface area contributed by atoms with Gasteiger partial charge < -0.3 is 14.2 Å². The number of carbonyl (C=O) groups is 1. The van der Waals surface area contributed by atoms with E-state index in [1.165, 1.54) is 30.7 Å². The fourth-order valence-corrected chi connectivity index (χ4v) is 3.47. The summed E-state index contributed by atoms with van der Waals surface area (Å²) in [5.41, 5.74) is 1.26. The predicted molar refractivity (Wildman–Crippen MR) is 112 cm³/mol. The van der Waals surface area contributed by atoms with Crippen molar-refractivity contribution in [3.8, 4) is 11.4 Å². The molecule has 0 N–H and O–H groups in total. The van der Waals surface area contributed by atoms with Gasteiger partial charge in [-0.3, -0.25) is 0 Å². The summed E-state index contributed by atoms with van der Waals surface area (Å²) in [6.45, 7) is 1.38. The van der Waals surface area contributed by atoms with Crippen molar-refractivity contribution in [2.24, 2.45) is 0 Å². The summed E-state index contributed by atoms with van der Waals surface area (Å²) in [5, 5.41) is 3.19. The quantitative estimate of drug-likeness (QED) is 0.357. The van der Waals surface area contributed by atoms with E-state index in [0.29, 0.717) is 11.1 Å². The lowest BCUT2D eigenvalue weighted by Crippen LogP contribution is -2.30. The summed E-state index contributed by atoms with van der Waals surface area (Å²) < 4.78 is 61.1. The number of halogens is 4. The number of benzene rings is 1. The van der Waals surface area contributed by atoms with Gasteiger partial charge in [-0.25, -0.2) is 9.78 Å². The van der Waals surface area contributed by atoms with Gasteiger partial charge in [0.2, 0.25) is 5.82 Å². The highest BCUT2D eigenvalue weighted by Crippen LogP contribution is 2.29. The Hall–Kier alpha value is -3.70. The number of alkyl halides is 3. The maximum Gasteiger partial charge on any atom is 0.471 e. The van der Waals surface area contributed by atoms with Crippen molar-refractivity contribution in [2.45, 2.75) is 38.6 Å². The van der Waals surface area contributed by atoms with Gasteiger partial charge in [-0.05, 0) is 30.9 Å². The lowest BCUT2D eigenvalue weighted by molar-refractivity contribution is -0.159. The fourth-order valence-electron chi connectivity index (χ4n) is 3.47. The van der Waals surface area contributed by atoms with E-state index in [-0.39, 0.29) is 23.1 Å². The van der Waals surface area contributed by atoms with Gasteiger partial charge in [0.25, 0.3) is 0 Å². The lowest BCUT2D eigenvalue weighted by atomic mass is 10.1. The van der Waals surface area contributed by atoms with Crippen molar-refractivity contribution < 1.29 is 31.7 Å². The van der Waals surface area contributed by atoms with Crippen molar-refractivity contribution in [3.63, 3.8) is 0 Å². The Morgan fingerprint density at radius 1 is 1.06 bits per heavy atom. The number of hydrogen-bond acceptors (Lipinski definition) is 7. The summed E-state index contributed by atoms with van der Waals surface area (Å²) >= 11 is 0. The first-order chi connectivity index (χ1) is 16.3. The molecule has 0 radical (unpaired) electrons. The molecule has 1 saturated heterocycles. The van der Waals surface area contributed by atoms with Crippen LogP contribution in [-0.4, -0.2) is 39.4 Å². The molecule has 0 aliphatic carbocycles. The zero-order valence-electron chi connectivity index (χ0n) is 18.0.